The summed E-state index contributed by atoms with van der Waals surface area (Å²) >= 11 is 0. The maximum atomic E-state index is 13.3. The van der Waals surface area contributed by atoms with Gasteiger partial charge in [0.25, 0.3) is 17.4 Å². The molecule has 1 N–H and O–H groups in total. The molecule has 4 aromatic rings. The number of nitrogens with zero attached hydrogens (tertiary/aromatic N) is 3. The zero-order chi connectivity index (χ0) is 22.4. The van der Waals surface area contributed by atoms with Gasteiger partial charge in [0.1, 0.15) is 11.6 Å². The fourth-order valence-electron chi connectivity index (χ4n) is 4.13. The van der Waals surface area contributed by atoms with Crippen molar-refractivity contribution in [2.75, 3.05) is 6.54 Å². The summed E-state index contributed by atoms with van der Waals surface area (Å²) in [6, 6.07) is 18.5. The molecule has 0 aliphatic carbocycles. The molecule has 2 amide bonds. The lowest BCUT2D eigenvalue weighted by Gasteiger charge is -2.17. The lowest BCUT2D eigenvalue weighted by atomic mass is 10.0. The summed E-state index contributed by atoms with van der Waals surface area (Å²) in [5.41, 5.74) is 2.42. The van der Waals surface area contributed by atoms with E-state index in [1.54, 1.807) is 61.5 Å². The quantitative estimate of drug-likeness (QED) is 0.507. The van der Waals surface area contributed by atoms with Crippen LogP contribution in [0.1, 0.15) is 32.1 Å². The van der Waals surface area contributed by atoms with Crippen LogP contribution in [-0.2, 0) is 6.42 Å². The second-order valence-corrected chi connectivity index (χ2v) is 7.71. The maximum Gasteiger partial charge on any atom is 0.265 e. The van der Waals surface area contributed by atoms with Gasteiger partial charge in [-0.1, -0.05) is 24.3 Å². The fraction of sp³-hybridized carbons (Fsp3) is 0.120. The van der Waals surface area contributed by atoms with Crippen LogP contribution in [0.4, 0.5) is 0 Å². The van der Waals surface area contributed by atoms with Crippen LogP contribution < -0.4 is 5.56 Å². The van der Waals surface area contributed by atoms with Crippen LogP contribution in [-0.4, -0.2) is 37.9 Å². The highest BCUT2D eigenvalue weighted by atomic mass is 16.3. The van der Waals surface area contributed by atoms with E-state index >= 15 is 0 Å². The van der Waals surface area contributed by atoms with Crippen molar-refractivity contribution in [3.05, 3.63) is 99.6 Å². The Morgan fingerprint density at radius 1 is 0.875 bits per heavy atom. The van der Waals surface area contributed by atoms with Gasteiger partial charge in [0.2, 0.25) is 0 Å². The number of amides is 2. The van der Waals surface area contributed by atoms with Gasteiger partial charge in [0, 0.05) is 13.0 Å². The highest BCUT2D eigenvalue weighted by Crippen LogP contribution is 2.26. The van der Waals surface area contributed by atoms with Crippen molar-refractivity contribution in [2.45, 2.75) is 13.3 Å². The van der Waals surface area contributed by atoms with Gasteiger partial charge in [-0.25, -0.2) is 4.98 Å². The number of phenolic OH excluding ortho intramolecular Hbond substituents is 1. The van der Waals surface area contributed by atoms with Gasteiger partial charge in [-0.2, -0.15) is 0 Å². The average molecular weight is 425 g/mol. The number of fused-ring (bicyclic) bond motifs is 2. The SMILES string of the molecule is Cc1cccc2c1C(=O)N(CCc1nc3ccccc3c(=O)n1-c1ccc(O)cc1)C2=O. The zero-order valence-electron chi connectivity index (χ0n) is 17.3. The number of benzene rings is 3. The molecule has 1 aromatic heterocycles. The number of para-hydroxylation sites is 1. The third kappa shape index (κ3) is 3.06. The number of imide groups is 1. The van der Waals surface area contributed by atoms with Crippen LogP contribution >= 0.6 is 0 Å². The molecular formula is C25H19N3O4. The molecule has 0 spiro atoms. The van der Waals surface area contributed by atoms with Crippen molar-refractivity contribution < 1.29 is 14.7 Å². The minimum atomic E-state index is -0.340. The van der Waals surface area contributed by atoms with Crippen molar-refractivity contribution >= 4 is 22.7 Å². The summed E-state index contributed by atoms with van der Waals surface area (Å²) in [6.45, 7) is 1.90. The molecule has 1 aliphatic rings. The maximum absolute atomic E-state index is 13.3. The van der Waals surface area contributed by atoms with Crippen molar-refractivity contribution in [1.82, 2.24) is 14.5 Å². The second kappa shape index (κ2) is 7.46. The standard InChI is InChI=1S/C25H19N3O4/c1-15-5-4-7-19-22(15)25(32)27(23(19)30)14-13-21-26-20-8-3-2-6-18(20)24(31)28(21)16-9-11-17(29)12-10-16/h2-12,29H,13-14H2,1H3. The highest BCUT2D eigenvalue weighted by molar-refractivity contribution is 6.22. The van der Waals surface area contributed by atoms with Gasteiger partial charge < -0.3 is 5.11 Å². The normalized spacial score (nSPS) is 13.1. The molecule has 32 heavy (non-hydrogen) atoms. The lowest BCUT2D eigenvalue weighted by Crippen LogP contribution is -2.33. The molecule has 2 heterocycles. The van der Waals surface area contributed by atoms with Crippen LogP contribution in [0.15, 0.2) is 71.5 Å². The Morgan fingerprint density at radius 2 is 1.62 bits per heavy atom. The Morgan fingerprint density at radius 3 is 2.38 bits per heavy atom. The third-order valence-corrected chi connectivity index (χ3v) is 5.72. The fourth-order valence-corrected chi connectivity index (χ4v) is 4.13. The first kappa shape index (κ1) is 19.7. The summed E-state index contributed by atoms with van der Waals surface area (Å²) in [7, 11) is 0. The number of rotatable bonds is 4. The minimum Gasteiger partial charge on any atom is -0.508 e. The first-order valence-electron chi connectivity index (χ1n) is 10.2. The van der Waals surface area contributed by atoms with E-state index in [1.807, 2.05) is 0 Å². The molecule has 0 atom stereocenters. The first-order valence-corrected chi connectivity index (χ1v) is 10.2. The Balaban J connectivity index is 1.56. The van der Waals surface area contributed by atoms with Crippen LogP contribution in [0.25, 0.3) is 16.6 Å². The van der Waals surface area contributed by atoms with Crippen LogP contribution in [0.3, 0.4) is 0 Å². The molecule has 3 aromatic carbocycles. The molecule has 0 unspecified atom stereocenters. The largest absolute Gasteiger partial charge is 0.508 e. The second-order valence-electron chi connectivity index (χ2n) is 7.71. The average Bonchev–Trinajstić information content (AvgIpc) is 3.04. The predicted molar refractivity (Wildman–Crippen MR) is 119 cm³/mol. The molecule has 0 saturated carbocycles. The van der Waals surface area contributed by atoms with E-state index in [4.69, 9.17) is 0 Å². The van der Waals surface area contributed by atoms with Crippen LogP contribution in [0.2, 0.25) is 0 Å². The zero-order valence-corrected chi connectivity index (χ0v) is 17.3. The van der Waals surface area contributed by atoms with Crippen molar-refractivity contribution in [2.24, 2.45) is 0 Å². The van der Waals surface area contributed by atoms with Gasteiger partial charge in [-0.05, 0) is 55.0 Å². The van der Waals surface area contributed by atoms with E-state index in [0.717, 1.165) is 5.56 Å². The van der Waals surface area contributed by atoms with Crippen molar-refractivity contribution in [1.29, 1.82) is 0 Å². The third-order valence-electron chi connectivity index (χ3n) is 5.72. The molecule has 0 bridgehead atoms. The van der Waals surface area contributed by atoms with E-state index < -0.39 is 0 Å². The number of aromatic hydroxyl groups is 1. The smallest absolute Gasteiger partial charge is 0.265 e. The predicted octanol–water partition coefficient (Wildman–Crippen LogP) is 3.24. The molecule has 1 aliphatic heterocycles. The summed E-state index contributed by atoms with van der Waals surface area (Å²) in [6.07, 6.45) is 0.200. The van der Waals surface area contributed by atoms with Gasteiger partial charge >= 0.3 is 0 Å². The lowest BCUT2D eigenvalue weighted by molar-refractivity contribution is 0.0655. The Labute approximate surface area is 183 Å². The van der Waals surface area contributed by atoms with Crippen molar-refractivity contribution in [3.8, 4) is 11.4 Å². The van der Waals surface area contributed by atoms with Crippen LogP contribution in [0, 0.1) is 6.92 Å². The number of carbonyl (C=O) groups is 2. The molecule has 7 nitrogen and oxygen atoms in total. The van der Waals surface area contributed by atoms with Crippen LogP contribution in [0.5, 0.6) is 5.75 Å². The number of aromatic nitrogens is 2. The number of carbonyl (C=O) groups excluding carboxylic acids is 2. The minimum absolute atomic E-state index is 0.0819. The topological polar surface area (TPSA) is 92.5 Å². The molecule has 7 heteroatoms. The van der Waals surface area contributed by atoms with Gasteiger partial charge in [-0.3, -0.25) is 23.9 Å². The monoisotopic (exact) mass is 425 g/mol. The van der Waals surface area contributed by atoms with Crippen molar-refractivity contribution in [3.63, 3.8) is 0 Å². The number of aryl methyl sites for hydroxylation is 1. The highest BCUT2D eigenvalue weighted by Gasteiger charge is 2.36. The van der Waals surface area contributed by atoms with Gasteiger partial charge in [0.15, 0.2) is 0 Å². The molecule has 0 fully saturated rings. The Hall–Kier alpha value is -4.26. The summed E-state index contributed by atoms with van der Waals surface area (Å²) < 4.78 is 1.46. The number of hydrogen-bond acceptors (Lipinski definition) is 5. The van der Waals surface area contributed by atoms with E-state index in [-0.39, 0.29) is 36.1 Å². The first-order chi connectivity index (χ1) is 15.5. The molecule has 0 radical (unpaired) electrons. The van der Waals surface area contributed by atoms with Gasteiger partial charge in [-0.15, -0.1) is 0 Å². The van der Waals surface area contributed by atoms with E-state index in [9.17, 15) is 19.5 Å². The molecular weight excluding hydrogens is 406 g/mol. The van der Waals surface area contributed by atoms with E-state index in [1.165, 1.54) is 21.6 Å². The Bertz CT molecular complexity index is 1450. The molecule has 5 rings (SSSR count). The molecule has 0 saturated heterocycles. The number of hydrogen-bond donors (Lipinski definition) is 1. The van der Waals surface area contributed by atoms with E-state index in [2.05, 4.69) is 4.98 Å². The molecule has 158 valence electrons. The summed E-state index contributed by atoms with van der Waals surface area (Å²) in [5.74, 6) is -0.165. The van der Waals surface area contributed by atoms with Gasteiger partial charge in [0.05, 0.1) is 27.7 Å². The summed E-state index contributed by atoms with van der Waals surface area (Å²) in [5, 5.41) is 10.1. The number of phenols is 1. The summed E-state index contributed by atoms with van der Waals surface area (Å²) in [4.78, 5) is 44.9. The Kier molecular flexibility index (Phi) is 4.59. The van der Waals surface area contributed by atoms with E-state index in [0.29, 0.717) is 33.5 Å².